The molecular weight excluding hydrogens is 523 g/mol. The van der Waals surface area contributed by atoms with E-state index < -0.39 is 17.9 Å². The summed E-state index contributed by atoms with van der Waals surface area (Å²) in [5.74, 6) is -2.80. The molecule has 0 atom stereocenters. The molecular formula is C18H33Cl3Cr2O6. The van der Waals surface area contributed by atoms with Crippen LogP contribution in [0.15, 0.2) is 0 Å². The summed E-state index contributed by atoms with van der Waals surface area (Å²) in [6.07, 6.45) is 9.11. The van der Waals surface area contributed by atoms with Crippen LogP contribution in [0.3, 0.4) is 0 Å². The van der Waals surface area contributed by atoms with Gasteiger partial charge < -0.3 is 66.9 Å². The summed E-state index contributed by atoms with van der Waals surface area (Å²) in [4.78, 5) is 29.3. The first kappa shape index (κ1) is 51.7. The Morgan fingerprint density at radius 1 is 0.483 bits per heavy atom. The molecule has 0 heterocycles. The predicted octanol–water partition coefficient (Wildman–Crippen LogP) is -8.04. The third-order valence-electron chi connectivity index (χ3n) is 2.95. The van der Waals surface area contributed by atoms with Crippen LogP contribution in [-0.4, -0.2) is 17.9 Å². The molecule has 6 nitrogen and oxygen atoms in total. The zero-order valence-corrected chi connectivity index (χ0v) is 22.2. The molecule has 0 unspecified atom stereocenters. The van der Waals surface area contributed by atoms with E-state index in [0.717, 1.165) is 57.8 Å². The van der Waals surface area contributed by atoms with Crippen LogP contribution in [0.2, 0.25) is 0 Å². The number of aliphatic carboxylic acids is 3. The van der Waals surface area contributed by atoms with Gasteiger partial charge in [0.2, 0.25) is 0 Å². The zero-order valence-electron chi connectivity index (χ0n) is 17.4. The average molecular weight is 556 g/mol. The third-order valence-corrected chi connectivity index (χ3v) is 2.95. The molecule has 0 aromatic rings. The summed E-state index contributed by atoms with van der Waals surface area (Å²) in [5.41, 5.74) is 0. The van der Waals surface area contributed by atoms with Gasteiger partial charge in [0, 0.05) is 17.9 Å². The fourth-order valence-electron chi connectivity index (χ4n) is 1.56. The second kappa shape index (κ2) is 46.5. The number of unbranched alkanes of at least 4 members (excludes halogenated alkanes) is 6. The molecule has 2 radical (unpaired) electrons. The van der Waals surface area contributed by atoms with Crippen molar-refractivity contribution < 1.29 is 102 Å². The minimum Gasteiger partial charge on any atom is -1.00 e. The van der Waals surface area contributed by atoms with E-state index in [4.69, 9.17) is 0 Å². The summed E-state index contributed by atoms with van der Waals surface area (Å²) >= 11 is 0. The monoisotopic (exact) mass is 554 g/mol. The Balaban J connectivity index is -0.0000000350. The van der Waals surface area contributed by atoms with Crippen molar-refractivity contribution in [2.45, 2.75) is 97.8 Å². The topological polar surface area (TPSA) is 120 Å². The maximum atomic E-state index is 9.76. The minimum atomic E-state index is -0.932. The van der Waals surface area contributed by atoms with Gasteiger partial charge in [-0.2, -0.15) is 0 Å². The number of carbonyl (C=O) groups is 3. The van der Waals surface area contributed by atoms with Crippen LogP contribution < -0.4 is 52.5 Å². The molecule has 0 N–H and O–H groups in total. The Morgan fingerprint density at radius 2 is 0.655 bits per heavy atom. The van der Waals surface area contributed by atoms with Crippen molar-refractivity contribution in [1.82, 2.24) is 0 Å². The summed E-state index contributed by atoms with van der Waals surface area (Å²) in [5, 5.41) is 29.3. The summed E-state index contributed by atoms with van der Waals surface area (Å²) < 4.78 is 0. The molecule has 29 heavy (non-hydrogen) atoms. The second-order valence-corrected chi connectivity index (χ2v) is 5.49. The maximum absolute atomic E-state index is 9.76. The molecule has 0 bridgehead atoms. The molecule has 0 aliphatic carbocycles. The summed E-state index contributed by atoms with van der Waals surface area (Å²) in [6.45, 7) is 6.11. The van der Waals surface area contributed by atoms with Crippen LogP contribution in [-0.2, 0) is 49.1 Å². The van der Waals surface area contributed by atoms with E-state index >= 15 is 0 Å². The number of carboxylic acids is 3. The fourth-order valence-corrected chi connectivity index (χ4v) is 1.56. The summed E-state index contributed by atoms with van der Waals surface area (Å²) in [6, 6.07) is 0. The van der Waals surface area contributed by atoms with Gasteiger partial charge in [0.05, 0.1) is 0 Å². The van der Waals surface area contributed by atoms with Crippen molar-refractivity contribution in [3.63, 3.8) is 0 Å². The van der Waals surface area contributed by atoms with Gasteiger partial charge in [0.1, 0.15) is 0 Å². The molecule has 11 heteroatoms. The SMILES string of the molecule is CCCCCC(=O)[O-].CCCCCC(=O)[O-].CCCCCC(=O)[O-].[Cl-].[Cl-].[Cl-].[Cr+3].[Cr+3]. The van der Waals surface area contributed by atoms with Crippen LogP contribution in [0.25, 0.3) is 0 Å². The minimum absolute atomic E-state index is 0. The molecule has 0 spiro atoms. The van der Waals surface area contributed by atoms with Crippen LogP contribution in [0, 0.1) is 0 Å². The van der Waals surface area contributed by atoms with Crippen molar-refractivity contribution in [2.75, 3.05) is 0 Å². The molecule has 0 aliphatic heterocycles. The van der Waals surface area contributed by atoms with Crippen molar-refractivity contribution >= 4 is 17.9 Å². The van der Waals surface area contributed by atoms with Gasteiger partial charge in [-0.1, -0.05) is 59.3 Å². The van der Waals surface area contributed by atoms with Gasteiger partial charge in [-0.3, -0.25) is 0 Å². The van der Waals surface area contributed by atoms with E-state index in [1.807, 2.05) is 20.8 Å². The first-order valence-corrected chi connectivity index (χ1v) is 8.91. The second-order valence-electron chi connectivity index (χ2n) is 5.49. The zero-order chi connectivity index (χ0) is 19.2. The van der Waals surface area contributed by atoms with Gasteiger partial charge >= 0.3 is 34.7 Å². The van der Waals surface area contributed by atoms with Crippen molar-refractivity contribution in [2.24, 2.45) is 0 Å². The number of halogens is 3. The molecule has 0 aromatic heterocycles. The third kappa shape index (κ3) is 83.5. The van der Waals surface area contributed by atoms with Crippen LogP contribution in [0.4, 0.5) is 0 Å². The molecule has 174 valence electrons. The van der Waals surface area contributed by atoms with Crippen LogP contribution in [0.1, 0.15) is 97.8 Å². The van der Waals surface area contributed by atoms with E-state index in [-0.39, 0.29) is 91.2 Å². The van der Waals surface area contributed by atoms with E-state index in [2.05, 4.69) is 0 Å². The predicted molar refractivity (Wildman–Crippen MR) is 87.4 cm³/mol. The molecule has 0 aromatic carbocycles. The van der Waals surface area contributed by atoms with E-state index in [0.29, 0.717) is 0 Å². The van der Waals surface area contributed by atoms with Crippen molar-refractivity contribution in [1.29, 1.82) is 0 Å². The normalized spacial score (nSPS) is 7.55. The molecule has 0 amide bonds. The Hall–Kier alpha value is 0.345. The Kier molecular flexibility index (Phi) is 83.0. The number of rotatable bonds is 12. The van der Waals surface area contributed by atoms with E-state index in [9.17, 15) is 29.7 Å². The number of carboxylic acid groups (broad SMARTS) is 3. The van der Waals surface area contributed by atoms with Gasteiger partial charge in [-0.15, -0.1) is 0 Å². The summed E-state index contributed by atoms with van der Waals surface area (Å²) in [7, 11) is 0. The Labute approximate surface area is 216 Å². The van der Waals surface area contributed by atoms with Gasteiger partial charge in [0.25, 0.3) is 0 Å². The van der Waals surface area contributed by atoms with Crippen LogP contribution in [0.5, 0.6) is 0 Å². The maximum Gasteiger partial charge on any atom is 3.00 e. The fraction of sp³-hybridized carbons (Fsp3) is 0.833. The van der Waals surface area contributed by atoms with Gasteiger partial charge in [-0.25, -0.2) is 0 Å². The Bertz CT molecular complexity index is 278. The molecule has 0 rings (SSSR count). The number of hydrogen-bond acceptors (Lipinski definition) is 6. The van der Waals surface area contributed by atoms with Gasteiger partial charge in [0.15, 0.2) is 0 Å². The van der Waals surface area contributed by atoms with Crippen molar-refractivity contribution in [3.8, 4) is 0 Å². The smallest absolute Gasteiger partial charge is 1.00 e. The number of hydrogen-bond donors (Lipinski definition) is 0. The molecule has 0 saturated heterocycles. The van der Waals surface area contributed by atoms with Gasteiger partial charge in [-0.05, 0) is 38.5 Å². The first-order valence-electron chi connectivity index (χ1n) is 8.91. The largest absolute Gasteiger partial charge is 3.00 e. The van der Waals surface area contributed by atoms with Crippen molar-refractivity contribution in [3.05, 3.63) is 0 Å². The Morgan fingerprint density at radius 3 is 0.759 bits per heavy atom. The molecule has 0 fully saturated rings. The number of carbonyl (C=O) groups excluding carboxylic acids is 3. The van der Waals surface area contributed by atoms with Crippen LogP contribution >= 0.6 is 0 Å². The van der Waals surface area contributed by atoms with E-state index in [1.165, 1.54) is 0 Å². The average Bonchev–Trinajstić information content (AvgIpc) is 2.48. The van der Waals surface area contributed by atoms with E-state index in [1.54, 1.807) is 0 Å². The standard InChI is InChI=1S/3C6H12O2.3ClH.2Cr/c3*1-2-3-4-5-6(7)8;;;;;/h3*2-5H2,1H3,(H,7,8);3*1H;;/q;;;;;;2*+3/p-6. The quantitative estimate of drug-likeness (QED) is 0.221. The molecule has 0 aliphatic rings. The molecule has 0 saturated carbocycles. The first-order chi connectivity index (χ1) is 11.3.